The van der Waals surface area contributed by atoms with Gasteiger partial charge in [0.05, 0.1) is 10.6 Å². The van der Waals surface area contributed by atoms with Crippen LogP contribution in [0.4, 0.5) is 18.9 Å². The van der Waals surface area contributed by atoms with E-state index in [0.717, 1.165) is 18.2 Å². The smallest absolute Gasteiger partial charge is 0.352 e. The molecule has 0 fully saturated rings. The number of aromatic nitrogens is 1. The highest BCUT2D eigenvalue weighted by Gasteiger charge is 2.33. The summed E-state index contributed by atoms with van der Waals surface area (Å²) < 4.78 is 38.4. The van der Waals surface area contributed by atoms with Crippen molar-refractivity contribution in [3.63, 3.8) is 0 Å². The van der Waals surface area contributed by atoms with Crippen molar-refractivity contribution >= 4 is 35.2 Å². The number of halogens is 4. The van der Waals surface area contributed by atoms with Gasteiger partial charge in [-0.25, -0.2) is 0 Å². The summed E-state index contributed by atoms with van der Waals surface area (Å²) in [6.45, 7) is 0.0779. The Balaban J connectivity index is 1.82. The Labute approximate surface area is 158 Å². The lowest BCUT2D eigenvalue weighted by molar-refractivity contribution is -0.137. The second-order valence-corrected chi connectivity index (χ2v) is 5.80. The zero-order chi connectivity index (χ0) is 19.9. The Kier molecular flexibility index (Phi) is 6.95. The van der Waals surface area contributed by atoms with E-state index in [1.807, 2.05) is 0 Å². The minimum atomic E-state index is -4.58. The summed E-state index contributed by atoms with van der Waals surface area (Å²) in [6.07, 6.45) is 0.848. The number of nitrogens with zero attached hydrogens (tertiary/aromatic N) is 1. The van der Waals surface area contributed by atoms with Crippen molar-refractivity contribution in [3.8, 4) is 0 Å². The second kappa shape index (κ2) is 9.18. The van der Waals surface area contributed by atoms with Crippen molar-refractivity contribution in [1.29, 1.82) is 0 Å². The third-order valence-electron chi connectivity index (χ3n) is 3.34. The molecule has 2 aromatic rings. The van der Waals surface area contributed by atoms with Crippen molar-refractivity contribution < 1.29 is 22.8 Å². The summed E-state index contributed by atoms with van der Waals surface area (Å²) in [5.74, 6) is -0.826. The lowest BCUT2D eigenvalue weighted by atomic mass is 10.1. The number of carbonyl (C=O) groups excluding carboxylic acids is 2. The summed E-state index contributed by atoms with van der Waals surface area (Å²) >= 11 is 5.54. The van der Waals surface area contributed by atoms with E-state index in [9.17, 15) is 22.8 Å². The molecule has 0 bridgehead atoms. The number of benzene rings is 1. The first kappa shape index (κ1) is 20.4. The first-order valence-corrected chi connectivity index (χ1v) is 8.16. The first-order chi connectivity index (χ1) is 12.8. The summed E-state index contributed by atoms with van der Waals surface area (Å²) in [5.41, 5.74) is -0.207. The van der Waals surface area contributed by atoms with E-state index in [4.69, 9.17) is 11.6 Å². The molecule has 2 N–H and O–H groups in total. The highest BCUT2D eigenvalue weighted by Crippen LogP contribution is 2.35. The topological polar surface area (TPSA) is 71.1 Å². The quantitative estimate of drug-likeness (QED) is 0.726. The van der Waals surface area contributed by atoms with E-state index < -0.39 is 22.7 Å². The van der Waals surface area contributed by atoms with E-state index >= 15 is 0 Å². The van der Waals surface area contributed by atoms with Crippen LogP contribution in [0.3, 0.4) is 0 Å². The monoisotopic (exact) mass is 397 g/mol. The van der Waals surface area contributed by atoms with Crippen LogP contribution in [0.2, 0.25) is 5.02 Å². The largest absolute Gasteiger partial charge is 0.417 e. The van der Waals surface area contributed by atoms with Gasteiger partial charge in [0.2, 0.25) is 11.8 Å². The Morgan fingerprint density at radius 1 is 1.15 bits per heavy atom. The van der Waals surface area contributed by atoms with Gasteiger partial charge in [0.15, 0.2) is 0 Å². The maximum Gasteiger partial charge on any atom is 0.417 e. The average molecular weight is 398 g/mol. The molecule has 1 heterocycles. The van der Waals surface area contributed by atoms with Crippen LogP contribution < -0.4 is 10.6 Å². The fourth-order valence-electron chi connectivity index (χ4n) is 2.05. The van der Waals surface area contributed by atoms with E-state index in [0.29, 0.717) is 5.69 Å². The number of rotatable bonds is 6. The number of alkyl halides is 3. The molecule has 2 rings (SSSR count). The van der Waals surface area contributed by atoms with Gasteiger partial charge in [-0.2, -0.15) is 13.2 Å². The zero-order valence-corrected chi connectivity index (χ0v) is 14.6. The molecule has 0 spiro atoms. The Morgan fingerprint density at radius 3 is 2.52 bits per heavy atom. The van der Waals surface area contributed by atoms with Gasteiger partial charge in [-0.15, -0.1) is 0 Å². The number of nitrogens with one attached hydrogen (secondary N) is 2. The highest BCUT2D eigenvalue weighted by molar-refractivity contribution is 6.31. The van der Waals surface area contributed by atoms with Crippen LogP contribution in [0, 0.1) is 0 Å². The van der Waals surface area contributed by atoms with Gasteiger partial charge in [-0.1, -0.05) is 17.7 Å². The predicted molar refractivity (Wildman–Crippen MR) is 96.0 cm³/mol. The van der Waals surface area contributed by atoms with Crippen molar-refractivity contribution in [2.45, 2.75) is 12.6 Å². The van der Waals surface area contributed by atoms with Crippen molar-refractivity contribution in [3.05, 3.63) is 65.0 Å². The molecular formula is C18H15ClF3N3O2. The van der Waals surface area contributed by atoms with Gasteiger partial charge >= 0.3 is 6.18 Å². The normalized spacial score (nSPS) is 11.4. The SMILES string of the molecule is O=C(/C=C\c1ccc(Cl)c(C(F)(F)F)c1)NCCC(=O)Nc1ccncc1. The van der Waals surface area contributed by atoms with Crippen LogP contribution in [-0.4, -0.2) is 23.3 Å². The molecule has 27 heavy (non-hydrogen) atoms. The molecule has 0 saturated heterocycles. The van der Waals surface area contributed by atoms with Gasteiger partial charge in [-0.3, -0.25) is 14.6 Å². The Bertz CT molecular complexity index is 839. The molecule has 1 aromatic heterocycles. The molecule has 2 amide bonds. The van der Waals surface area contributed by atoms with Crippen molar-refractivity contribution in [1.82, 2.24) is 10.3 Å². The lowest BCUT2D eigenvalue weighted by Gasteiger charge is -2.09. The standard InChI is InChI=1S/C18H15ClF3N3O2/c19-15-3-1-12(11-14(15)18(20,21)22)2-4-16(26)24-10-7-17(27)25-13-5-8-23-9-6-13/h1-6,8-9,11H,7,10H2,(H,24,26)(H,23,25,27)/b4-2-. The molecule has 5 nitrogen and oxygen atoms in total. The second-order valence-electron chi connectivity index (χ2n) is 5.40. The van der Waals surface area contributed by atoms with Gasteiger partial charge in [-0.05, 0) is 35.9 Å². The van der Waals surface area contributed by atoms with E-state index in [1.165, 1.54) is 24.5 Å². The summed E-state index contributed by atoms with van der Waals surface area (Å²) in [4.78, 5) is 27.3. The molecule has 1 aromatic carbocycles. The van der Waals surface area contributed by atoms with Gasteiger partial charge in [0.1, 0.15) is 0 Å². The molecule has 0 aliphatic carbocycles. The molecule has 0 unspecified atom stereocenters. The van der Waals surface area contributed by atoms with Crippen LogP contribution in [0.25, 0.3) is 6.08 Å². The van der Waals surface area contributed by atoms with Gasteiger partial charge < -0.3 is 10.6 Å². The van der Waals surface area contributed by atoms with E-state index in [1.54, 1.807) is 12.1 Å². The number of hydrogen-bond acceptors (Lipinski definition) is 3. The highest BCUT2D eigenvalue weighted by atomic mass is 35.5. The lowest BCUT2D eigenvalue weighted by Crippen LogP contribution is -2.26. The van der Waals surface area contributed by atoms with E-state index in [2.05, 4.69) is 15.6 Å². The maximum atomic E-state index is 12.8. The number of hydrogen-bond donors (Lipinski definition) is 2. The Hall–Kier alpha value is -2.87. The average Bonchev–Trinajstić information content (AvgIpc) is 2.61. The molecule has 0 saturated carbocycles. The predicted octanol–water partition coefficient (Wildman–Crippen LogP) is 3.91. The van der Waals surface area contributed by atoms with Crippen LogP contribution in [-0.2, 0) is 15.8 Å². The fourth-order valence-corrected chi connectivity index (χ4v) is 2.28. The van der Waals surface area contributed by atoms with Crippen LogP contribution in [0.15, 0.2) is 48.8 Å². The fraction of sp³-hybridized carbons (Fsp3) is 0.167. The van der Waals surface area contributed by atoms with Gasteiger partial charge in [0, 0.05) is 37.1 Å². The molecular weight excluding hydrogens is 383 g/mol. The van der Waals surface area contributed by atoms with Crippen molar-refractivity contribution in [2.75, 3.05) is 11.9 Å². The number of amides is 2. The van der Waals surface area contributed by atoms with Crippen molar-refractivity contribution in [2.24, 2.45) is 0 Å². The minimum absolute atomic E-state index is 0.0427. The minimum Gasteiger partial charge on any atom is -0.352 e. The van der Waals surface area contributed by atoms with E-state index in [-0.39, 0.29) is 24.4 Å². The Morgan fingerprint density at radius 2 is 1.85 bits per heavy atom. The third-order valence-corrected chi connectivity index (χ3v) is 3.67. The zero-order valence-electron chi connectivity index (χ0n) is 13.9. The number of pyridine rings is 1. The number of carbonyl (C=O) groups is 2. The molecule has 0 radical (unpaired) electrons. The maximum absolute atomic E-state index is 12.8. The summed E-state index contributed by atoms with van der Waals surface area (Å²) in [7, 11) is 0. The van der Waals surface area contributed by atoms with Crippen LogP contribution in [0.5, 0.6) is 0 Å². The van der Waals surface area contributed by atoms with Gasteiger partial charge in [0.25, 0.3) is 0 Å². The summed E-state index contributed by atoms with van der Waals surface area (Å²) in [5, 5.41) is 4.70. The third kappa shape index (κ3) is 6.74. The first-order valence-electron chi connectivity index (χ1n) is 7.78. The number of anilines is 1. The molecule has 0 atom stereocenters. The summed E-state index contributed by atoms with van der Waals surface area (Å²) in [6, 6.07) is 6.59. The van der Waals surface area contributed by atoms with Crippen LogP contribution in [0.1, 0.15) is 17.5 Å². The molecule has 0 aliphatic rings. The molecule has 142 valence electrons. The molecule has 0 aliphatic heterocycles. The molecule has 9 heteroatoms. The van der Waals surface area contributed by atoms with Crippen LogP contribution >= 0.6 is 11.6 Å².